The molecule has 0 aliphatic heterocycles. The first-order valence-electron chi connectivity index (χ1n) is 6.58. The van der Waals surface area contributed by atoms with E-state index in [9.17, 15) is 4.39 Å². The highest BCUT2D eigenvalue weighted by atomic mass is 79.9. The fourth-order valence-corrected chi connectivity index (χ4v) is 2.24. The molecule has 2 rings (SSSR count). The van der Waals surface area contributed by atoms with Gasteiger partial charge in [0.05, 0.1) is 5.02 Å². The monoisotopic (exact) mass is 372 g/mol. The Hall–Kier alpha value is -1.17. The van der Waals surface area contributed by atoms with Crippen LogP contribution in [-0.2, 0) is 6.54 Å². The van der Waals surface area contributed by atoms with Gasteiger partial charge >= 0.3 is 0 Å². The highest BCUT2D eigenvalue weighted by Crippen LogP contribution is 2.27. The van der Waals surface area contributed by atoms with Gasteiger partial charge in [-0.15, -0.1) is 0 Å². The van der Waals surface area contributed by atoms with E-state index in [2.05, 4.69) is 33.2 Å². The Labute approximate surface area is 136 Å². The number of rotatable bonds is 6. The lowest BCUT2D eigenvalue weighted by Crippen LogP contribution is -2.14. The van der Waals surface area contributed by atoms with E-state index in [0.29, 0.717) is 18.2 Å². The predicted molar refractivity (Wildman–Crippen MR) is 85.4 cm³/mol. The molecule has 6 heteroatoms. The van der Waals surface area contributed by atoms with Crippen molar-refractivity contribution in [3.8, 4) is 11.6 Å². The maximum absolute atomic E-state index is 13.4. The number of hydrogen-bond acceptors (Lipinski definition) is 3. The van der Waals surface area contributed by atoms with Gasteiger partial charge in [0.1, 0.15) is 11.6 Å². The van der Waals surface area contributed by atoms with Crippen LogP contribution in [0.5, 0.6) is 11.6 Å². The van der Waals surface area contributed by atoms with E-state index in [0.717, 1.165) is 23.0 Å². The summed E-state index contributed by atoms with van der Waals surface area (Å²) in [5.41, 5.74) is 0.896. The SMILES string of the molecule is CCCNCc1cc(Br)cnc1Oc1ccc(Cl)c(F)c1. The number of pyridine rings is 1. The van der Waals surface area contributed by atoms with E-state index in [1.54, 1.807) is 12.3 Å². The summed E-state index contributed by atoms with van der Waals surface area (Å²) in [5, 5.41) is 3.35. The van der Waals surface area contributed by atoms with E-state index >= 15 is 0 Å². The lowest BCUT2D eigenvalue weighted by atomic mass is 10.2. The summed E-state index contributed by atoms with van der Waals surface area (Å²) in [6.07, 6.45) is 2.69. The van der Waals surface area contributed by atoms with Crippen LogP contribution in [0, 0.1) is 5.82 Å². The summed E-state index contributed by atoms with van der Waals surface area (Å²) < 4.78 is 20.0. The van der Waals surface area contributed by atoms with E-state index in [1.165, 1.54) is 12.1 Å². The molecule has 112 valence electrons. The molecule has 0 atom stereocenters. The average molecular weight is 374 g/mol. The van der Waals surface area contributed by atoms with Crippen LogP contribution in [0.1, 0.15) is 18.9 Å². The molecule has 0 aliphatic rings. The molecule has 0 aliphatic carbocycles. The Morgan fingerprint density at radius 3 is 2.90 bits per heavy atom. The molecule has 0 bridgehead atoms. The molecular weight excluding hydrogens is 359 g/mol. The van der Waals surface area contributed by atoms with E-state index < -0.39 is 5.82 Å². The van der Waals surface area contributed by atoms with Crippen LogP contribution in [0.4, 0.5) is 4.39 Å². The van der Waals surface area contributed by atoms with Crippen LogP contribution in [0.25, 0.3) is 0 Å². The fourth-order valence-electron chi connectivity index (χ4n) is 1.74. The molecule has 0 fully saturated rings. The molecule has 1 aromatic carbocycles. The number of hydrogen-bond donors (Lipinski definition) is 1. The predicted octanol–water partition coefficient (Wildman–Crippen LogP) is 4.93. The maximum Gasteiger partial charge on any atom is 0.223 e. The van der Waals surface area contributed by atoms with Crippen LogP contribution in [0.2, 0.25) is 5.02 Å². The zero-order chi connectivity index (χ0) is 15.2. The smallest absolute Gasteiger partial charge is 0.223 e. The van der Waals surface area contributed by atoms with Crippen LogP contribution >= 0.6 is 27.5 Å². The van der Waals surface area contributed by atoms with Gasteiger partial charge in [0.25, 0.3) is 0 Å². The second kappa shape index (κ2) is 7.73. The van der Waals surface area contributed by atoms with Crippen molar-refractivity contribution < 1.29 is 9.13 Å². The fraction of sp³-hybridized carbons (Fsp3) is 0.267. The molecule has 2 aromatic rings. The van der Waals surface area contributed by atoms with Gasteiger partial charge in [-0.05, 0) is 47.1 Å². The van der Waals surface area contributed by atoms with Gasteiger partial charge < -0.3 is 10.1 Å². The highest BCUT2D eigenvalue weighted by molar-refractivity contribution is 9.10. The van der Waals surface area contributed by atoms with Crippen LogP contribution in [0.3, 0.4) is 0 Å². The average Bonchev–Trinajstić information content (AvgIpc) is 2.46. The Morgan fingerprint density at radius 1 is 1.38 bits per heavy atom. The topological polar surface area (TPSA) is 34.2 Å². The minimum Gasteiger partial charge on any atom is -0.439 e. The first kappa shape index (κ1) is 16.2. The largest absolute Gasteiger partial charge is 0.439 e. The number of nitrogens with one attached hydrogen (secondary N) is 1. The van der Waals surface area contributed by atoms with Crippen LogP contribution in [-0.4, -0.2) is 11.5 Å². The number of nitrogens with zero attached hydrogens (tertiary/aromatic N) is 1. The molecule has 0 saturated carbocycles. The van der Waals surface area contributed by atoms with Crippen molar-refractivity contribution in [2.24, 2.45) is 0 Å². The lowest BCUT2D eigenvalue weighted by molar-refractivity contribution is 0.448. The Bertz CT molecular complexity index is 625. The summed E-state index contributed by atoms with van der Waals surface area (Å²) in [4.78, 5) is 4.24. The second-order valence-corrected chi connectivity index (χ2v) is 5.80. The number of benzene rings is 1. The standard InChI is InChI=1S/C15H15BrClFN2O/c1-2-5-19-8-10-6-11(16)9-20-15(10)21-12-3-4-13(17)14(18)7-12/h3-4,6-7,9,19H,2,5,8H2,1H3. The molecular formula is C15H15BrClFN2O. The van der Waals surface area contributed by atoms with Crippen molar-refractivity contribution in [1.29, 1.82) is 0 Å². The summed E-state index contributed by atoms with van der Waals surface area (Å²) in [6.45, 7) is 3.63. The summed E-state index contributed by atoms with van der Waals surface area (Å²) in [7, 11) is 0. The van der Waals surface area contributed by atoms with Gasteiger partial charge in [0.15, 0.2) is 0 Å². The molecule has 1 N–H and O–H groups in total. The zero-order valence-electron chi connectivity index (χ0n) is 11.5. The van der Waals surface area contributed by atoms with Gasteiger partial charge in [-0.3, -0.25) is 0 Å². The first-order chi connectivity index (χ1) is 10.1. The lowest BCUT2D eigenvalue weighted by Gasteiger charge is -2.11. The van der Waals surface area contributed by atoms with Gasteiger partial charge in [0, 0.05) is 28.8 Å². The third kappa shape index (κ3) is 4.66. The third-order valence-corrected chi connectivity index (χ3v) is 3.48. The van der Waals surface area contributed by atoms with Crippen molar-refractivity contribution in [2.75, 3.05) is 6.54 Å². The Morgan fingerprint density at radius 2 is 2.19 bits per heavy atom. The molecule has 1 heterocycles. The summed E-state index contributed by atoms with van der Waals surface area (Å²) in [5.74, 6) is 0.295. The molecule has 21 heavy (non-hydrogen) atoms. The van der Waals surface area contributed by atoms with E-state index in [1.807, 2.05) is 6.07 Å². The molecule has 0 spiro atoms. The molecule has 0 unspecified atom stereocenters. The number of aromatic nitrogens is 1. The Balaban J connectivity index is 2.19. The molecule has 0 saturated heterocycles. The van der Waals surface area contributed by atoms with E-state index in [-0.39, 0.29) is 5.02 Å². The van der Waals surface area contributed by atoms with Crippen molar-refractivity contribution in [3.05, 3.63) is 51.3 Å². The first-order valence-corrected chi connectivity index (χ1v) is 7.75. The van der Waals surface area contributed by atoms with Crippen molar-refractivity contribution >= 4 is 27.5 Å². The van der Waals surface area contributed by atoms with Crippen LogP contribution in [0.15, 0.2) is 34.9 Å². The minimum absolute atomic E-state index is 0.0657. The second-order valence-electron chi connectivity index (χ2n) is 4.47. The van der Waals surface area contributed by atoms with Crippen molar-refractivity contribution in [2.45, 2.75) is 19.9 Å². The quantitative estimate of drug-likeness (QED) is 0.729. The number of halogens is 3. The van der Waals surface area contributed by atoms with Gasteiger partial charge in [-0.1, -0.05) is 18.5 Å². The van der Waals surface area contributed by atoms with Gasteiger partial charge in [-0.25, -0.2) is 9.37 Å². The maximum atomic E-state index is 13.4. The van der Waals surface area contributed by atoms with Crippen LogP contribution < -0.4 is 10.1 Å². The third-order valence-electron chi connectivity index (χ3n) is 2.74. The minimum atomic E-state index is -0.517. The van der Waals surface area contributed by atoms with E-state index in [4.69, 9.17) is 16.3 Å². The number of ether oxygens (including phenoxy) is 1. The molecule has 0 radical (unpaired) electrons. The van der Waals surface area contributed by atoms with Crippen molar-refractivity contribution in [1.82, 2.24) is 10.3 Å². The highest BCUT2D eigenvalue weighted by Gasteiger charge is 2.09. The molecule has 1 aromatic heterocycles. The van der Waals surface area contributed by atoms with Gasteiger partial charge in [0.2, 0.25) is 5.88 Å². The van der Waals surface area contributed by atoms with Crippen molar-refractivity contribution in [3.63, 3.8) is 0 Å². The van der Waals surface area contributed by atoms with Gasteiger partial charge in [-0.2, -0.15) is 0 Å². The summed E-state index contributed by atoms with van der Waals surface area (Å²) in [6, 6.07) is 6.24. The molecule has 3 nitrogen and oxygen atoms in total. The molecule has 0 amide bonds. The normalized spacial score (nSPS) is 10.7. The summed E-state index contributed by atoms with van der Waals surface area (Å²) >= 11 is 9.05. The zero-order valence-corrected chi connectivity index (χ0v) is 13.8. The Kier molecular flexibility index (Phi) is 5.96.